The van der Waals surface area contributed by atoms with E-state index in [0.29, 0.717) is 0 Å². The quantitative estimate of drug-likeness (QED) is 0.387. The molecule has 2 aliphatic carbocycles. The molecule has 0 radical (unpaired) electrons. The smallest absolute Gasteiger partial charge is 0.0461 e. The van der Waals surface area contributed by atoms with Gasteiger partial charge in [0.15, 0.2) is 0 Å². The van der Waals surface area contributed by atoms with Gasteiger partial charge in [-0.25, -0.2) is 0 Å². The number of benzene rings is 2. The summed E-state index contributed by atoms with van der Waals surface area (Å²) in [6, 6.07) is 22.8. The molecule has 0 amide bonds. The van der Waals surface area contributed by atoms with Crippen LogP contribution in [0.3, 0.4) is 0 Å². The Morgan fingerprint density at radius 1 is 0.579 bits per heavy atom. The Bertz CT molecular complexity index is 1270. The largest absolute Gasteiger partial charge is 0.0730 e. The maximum Gasteiger partial charge on any atom is 0.0461 e. The molecular weight excluding hydrogens is 456 g/mol. The Hall–Kier alpha value is -2.60. The van der Waals surface area contributed by atoms with Crippen molar-refractivity contribution < 1.29 is 0 Å². The fraction of sp³-hybridized carbons (Fsp3) is 0.474. The summed E-state index contributed by atoms with van der Waals surface area (Å²) >= 11 is 0. The number of hydrogen-bond donors (Lipinski definition) is 0. The standard InChI is InChI=1S/C38H50/c1-27-23-25-36(12,28(27)2)38(29-19-15-13-16-20-29,30-21-17-14-18-22-30)37(35(9,10)11)26-24-31(33(3,4)5)32(37)34(6,7)8/h13-26H,1-12H3. The first-order valence-electron chi connectivity index (χ1n) is 14.4. The average molecular weight is 507 g/mol. The number of hydrogen-bond acceptors (Lipinski definition) is 0. The fourth-order valence-electron chi connectivity index (χ4n) is 8.07. The van der Waals surface area contributed by atoms with E-state index in [0.717, 1.165) is 0 Å². The van der Waals surface area contributed by atoms with Crippen LogP contribution in [0.5, 0.6) is 0 Å². The summed E-state index contributed by atoms with van der Waals surface area (Å²) in [6.45, 7) is 29.0. The van der Waals surface area contributed by atoms with Crippen LogP contribution in [-0.2, 0) is 5.41 Å². The van der Waals surface area contributed by atoms with Gasteiger partial charge in [-0.1, -0.05) is 165 Å². The van der Waals surface area contributed by atoms with Crippen molar-refractivity contribution in [3.05, 3.63) is 118 Å². The highest BCUT2D eigenvalue weighted by atomic mass is 14.7. The molecule has 0 N–H and O–H groups in total. The van der Waals surface area contributed by atoms with Gasteiger partial charge in [-0.3, -0.25) is 0 Å². The van der Waals surface area contributed by atoms with E-state index in [-0.39, 0.29) is 27.1 Å². The van der Waals surface area contributed by atoms with Gasteiger partial charge in [0, 0.05) is 16.2 Å². The predicted octanol–water partition coefficient (Wildman–Crippen LogP) is 10.9. The molecule has 0 saturated heterocycles. The Balaban J connectivity index is 2.39. The van der Waals surface area contributed by atoms with Gasteiger partial charge in [0.1, 0.15) is 0 Å². The van der Waals surface area contributed by atoms with Crippen LogP contribution in [0.2, 0.25) is 0 Å². The van der Waals surface area contributed by atoms with Crippen molar-refractivity contribution in [2.45, 2.75) is 88.5 Å². The van der Waals surface area contributed by atoms with Crippen molar-refractivity contribution in [2.24, 2.45) is 27.1 Å². The lowest BCUT2D eigenvalue weighted by Gasteiger charge is -2.65. The Morgan fingerprint density at radius 3 is 1.39 bits per heavy atom. The van der Waals surface area contributed by atoms with Crippen molar-refractivity contribution in [3.8, 4) is 0 Å². The van der Waals surface area contributed by atoms with Crippen molar-refractivity contribution in [3.63, 3.8) is 0 Å². The van der Waals surface area contributed by atoms with Gasteiger partial charge in [-0.15, -0.1) is 0 Å². The number of rotatable bonds is 4. The lowest BCUT2D eigenvalue weighted by Crippen LogP contribution is -2.62. The lowest BCUT2D eigenvalue weighted by atomic mass is 9.37. The van der Waals surface area contributed by atoms with E-state index < -0.39 is 5.41 Å². The second-order valence-corrected chi connectivity index (χ2v) is 15.0. The third-order valence-corrected chi connectivity index (χ3v) is 9.73. The van der Waals surface area contributed by atoms with E-state index in [4.69, 9.17) is 0 Å². The summed E-state index contributed by atoms with van der Waals surface area (Å²) in [6.07, 6.45) is 10.0. The molecule has 2 aromatic rings. The van der Waals surface area contributed by atoms with Crippen molar-refractivity contribution in [1.82, 2.24) is 0 Å². The minimum Gasteiger partial charge on any atom is -0.0730 e. The summed E-state index contributed by atoms with van der Waals surface area (Å²) in [5.74, 6) is 0. The molecule has 4 rings (SSSR count). The Kier molecular flexibility index (Phi) is 6.71. The molecule has 0 aliphatic heterocycles. The van der Waals surface area contributed by atoms with Crippen LogP contribution in [0.25, 0.3) is 0 Å². The van der Waals surface area contributed by atoms with Crippen LogP contribution in [-0.4, -0.2) is 0 Å². The number of allylic oxidation sites excluding steroid dienone is 8. The molecule has 0 spiro atoms. The first kappa shape index (κ1) is 28.4. The average Bonchev–Trinajstić information content (AvgIpc) is 3.37. The molecule has 2 atom stereocenters. The van der Waals surface area contributed by atoms with Crippen molar-refractivity contribution >= 4 is 0 Å². The molecule has 0 heteroatoms. The highest BCUT2D eigenvalue weighted by molar-refractivity contribution is 5.63. The second-order valence-electron chi connectivity index (χ2n) is 15.0. The minimum atomic E-state index is -0.398. The van der Waals surface area contributed by atoms with Gasteiger partial charge in [0.2, 0.25) is 0 Å². The minimum absolute atomic E-state index is 0.0262. The summed E-state index contributed by atoms with van der Waals surface area (Å²) < 4.78 is 0. The normalized spacial score (nSPS) is 24.6. The van der Waals surface area contributed by atoms with Gasteiger partial charge in [0.25, 0.3) is 0 Å². The zero-order valence-corrected chi connectivity index (χ0v) is 26.1. The van der Waals surface area contributed by atoms with E-state index in [1.54, 1.807) is 5.57 Å². The SMILES string of the molecule is CC1=C(C)C(C)(C(c2ccccc2)(c2ccccc2)C2(C(C)(C)C)C=CC(C(C)(C)C)=C2C(C)(C)C)C=C1. The van der Waals surface area contributed by atoms with Crippen LogP contribution in [0.1, 0.15) is 94.2 Å². The molecule has 0 nitrogen and oxygen atoms in total. The highest BCUT2D eigenvalue weighted by Crippen LogP contribution is 2.74. The summed E-state index contributed by atoms with van der Waals surface area (Å²) in [4.78, 5) is 0. The van der Waals surface area contributed by atoms with E-state index in [2.05, 4.69) is 168 Å². The van der Waals surface area contributed by atoms with Crippen LogP contribution in [0.15, 0.2) is 107 Å². The maximum absolute atomic E-state index is 2.63. The third-order valence-electron chi connectivity index (χ3n) is 9.73. The zero-order chi connectivity index (χ0) is 28.4. The van der Waals surface area contributed by atoms with Gasteiger partial charge < -0.3 is 0 Å². The van der Waals surface area contributed by atoms with Crippen LogP contribution in [0, 0.1) is 27.1 Å². The molecule has 202 valence electrons. The van der Waals surface area contributed by atoms with Crippen molar-refractivity contribution in [2.75, 3.05) is 0 Å². The highest BCUT2D eigenvalue weighted by Gasteiger charge is 2.69. The molecule has 0 saturated carbocycles. The van der Waals surface area contributed by atoms with E-state index in [1.165, 1.54) is 27.8 Å². The van der Waals surface area contributed by atoms with Crippen LogP contribution < -0.4 is 0 Å². The first-order chi connectivity index (χ1) is 17.5. The van der Waals surface area contributed by atoms with Crippen LogP contribution in [0.4, 0.5) is 0 Å². The summed E-state index contributed by atoms with van der Waals surface area (Å²) in [7, 11) is 0. The summed E-state index contributed by atoms with van der Waals surface area (Å²) in [5.41, 5.74) is 7.58. The molecule has 0 aromatic heterocycles. The van der Waals surface area contributed by atoms with Crippen molar-refractivity contribution in [1.29, 1.82) is 0 Å². The Morgan fingerprint density at radius 2 is 1.05 bits per heavy atom. The third kappa shape index (κ3) is 3.77. The molecular formula is C38H50. The molecule has 0 bridgehead atoms. The lowest BCUT2D eigenvalue weighted by molar-refractivity contribution is 0.0316. The van der Waals surface area contributed by atoms with E-state index in [9.17, 15) is 0 Å². The summed E-state index contributed by atoms with van der Waals surface area (Å²) in [5, 5.41) is 0. The van der Waals surface area contributed by atoms with Gasteiger partial charge in [-0.05, 0) is 52.4 Å². The molecule has 0 heterocycles. The Labute approximate surface area is 233 Å². The molecule has 0 fully saturated rings. The van der Waals surface area contributed by atoms with Crippen LogP contribution >= 0.6 is 0 Å². The zero-order valence-electron chi connectivity index (χ0n) is 26.1. The first-order valence-corrected chi connectivity index (χ1v) is 14.4. The maximum atomic E-state index is 2.63. The molecule has 2 aliphatic rings. The molecule has 38 heavy (non-hydrogen) atoms. The van der Waals surface area contributed by atoms with E-state index >= 15 is 0 Å². The predicted molar refractivity (Wildman–Crippen MR) is 166 cm³/mol. The fourth-order valence-corrected chi connectivity index (χ4v) is 8.07. The topological polar surface area (TPSA) is 0 Å². The molecule has 2 aromatic carbocycles. The van der Waals surface area contributed by atoms with E-state index in [1.807, 2.05) is 0 Å². The molecule has 2 unspecified atom stereocenters. The monoisotopic (exact) mass is 506 g/mol. The van der Waals surface area contributed by atoms with Gasteiger partial charge >= 0.3 is 0 Å². The second kappa shape index (κ2) is 8.97. The van der Waals surface area contributed by atoms with Gasteiger partial charge in [0.05, 0.1) is 0 Å². The van der Waals surface area contributed by atoms with Gasteiger partial charge in [-0.2, -0.15) is 0 Å².